The van der Waals surface area contributed by atoms with Crippen molar-refractivity contribution in [2.45, 2.75) is 58.2 Å². The summed E-state index contributed by atoms with van der Waals surface area (Å²) in [5, 5.41) is 7.84. The van der Waals surface area contributed by atoms with E-state index in [2.05, 4.69) is 20.3 Å². The summed E-state index contributed by atoms with van der Waals surface area (Å²) in [6.45, 7) is 5.99. The van der Waals surface area contributed by atoms with Crippen LogP contribution in [0.5, 0.6) is 0 Å². The number of Topliss-reactive ketones (excluding diaryl/α,β-unsaturated/α-hetero) is 1. The molecule has 4 aromatic rings. The zero-order valence-electron chi connectivity index (χ0n) is 20.6. The lowest BCUT2D eigenvalue weighted by atomic mass is 9.97. The molecule has 0 radical (unpaired) electrons. The molecule has 4 rings (SSSR count). The van der Waals surface area contributed by atoms with E-state index in [4.69, 9.17) is 9.36 Å². The van der Waals surface area contributed by atoms with Crippen molar-refractivity contribution in [3.8, 4) is 11.3 Å². The van der Waals surface area contributed by atoms with Gasteiger partial charge in [-0.25, -0.2) is 4.98 Å². The monoisotopic (exact) mass is 513 g/mol. The molecule has 0 saturated heterocycles. The topological polar surface area (TPSA) is 94.9 Å². The predicted octanol–water partition coefficient (Wildman–Crippen LogP) is 5.69. The molecule has 3 aromatic heterocycles. The number of halogens is 3. The lowest BCUT2D eigenvalue weighted by Crippen LogP contribution is -2.12. The number of rotatable bonds is 9. The van der Waals surface area contributed by atoms with E-state index in [1.807, 2.05) is 49.6 Å². The fourth-order valence-corrected chi connectivity index (χ4v) is 3.54. The third-order valence-corrected chi connectivity index (χ3v) is 5.43. The van der Waals surface area contributed by atoms with Gasteiger partial charge in [-0.1, -0.05) is 49.3 Å². The third kappa shape index (κ3) is 7.02. The lowest BCUT2D eigenvalue weighted by molar-refractivity contribution is -0.143. The van der Waals surface area contributed by atoms with Crippen LogP contribution in [-0.4, -0.2) is 37.7 Å². The Morgan fingerprint density at radius 3 is 2.73 bits per heavy atom. The number of oxime groups is 1. The summed E-state index contributed by atoms with van der Waals surface area (Å²) in [7, 11) is 0. The van der Waals surface area contributed by atoms with Crippen molar-refractivity contribution < 1.29 is 27.3 Å². The molecule has 3 heterocycles. The second kappa shape index (κ2) is 10.5. The summed E-state index contributed by atoms with van der Waals surface area (Å²) in [5.74, 6) is 0.474. The summed E-state index contributed by atoms with van der Waals surface area (Å²) < 4.78 is 44.3. The first kappa shape index (κ1) is 26.1. The number of alkyl halides is 3. The maximum Gasteiger partial charge on any atom is 0.389 e. The molecular formula is C26H26F3N5O3. The number of carbonyl (C=O) groups excluding carboxylic acids is 1. The predicted molar refractivity (Wildman–Crippen MR) is 130 cm³/mol. The highest BCUT2D eigenvalue weighted by molar-refractivity contribution is 5.82. The Labute approximate surface area is 211 Å². The summed E-state index contributed by atoms with van der Waals surface area (Å²) in [6.07, 6.45) is -0.951. The second-order valence-electron chi connectivity index (χ2n) is 9.64. The SMILES string of the molecule is CC(C)(C)c1nc(CON=Cc2ccn3c(-c4cccc(CC(=O)CCC(F)(F)F)c4)cnc3c2)no1. The minimum atomic E-state index is -4.34. The van der Waals surface area contributed by atoms with E-state index in [0.717, 1.165) is 16.8 Å². The first-order valence-electron chi connectivity index (χ1n) is 11.6. The minimum absolute atomic E-state index is 0.0529. The van der Waals surface area contributed by atoms with Crippen LogP contribution in [-0.2, 0) is 28.1 Å². The summed E-state index contributed by atoms with van der Waals surface area (Å²) >= 11 is 0. The quantitative estimate of drug-likeness (QED) is 0.211. The Morgan fingerprint density at radius 2 is 2.00 bits per heavy atom. The van der Waals surface area contributed by atoms with E-state index >= 15 is 0 Å². The van der Waals surface area contributed by atoms with Gasteiger partial charge in [0.1, 0.15) is 11.4 Å². The Kier molecular flexibility index (Phi) is 7.42. The molecule has 0 N–H and O–H groups in total. The van der Waals surface area contributed by atoms with Gasteiger partial charge in [-0.2, -0.15) is 18.2 Å². The van der Waals surface area contributed by atoms with Crippen LogP contribution in [0.15, 0.2) is 58.5 Å². The van der Waals surface area contributed by atoms with Crippen LogP contribution in [0.3, 0.4) is 0 Å². The van der Waals surface area contributed by atoms with Crippen molar-refractivity contribution >= 4 is 17.6 Å². The molecule has 0 spiro atoms. The standard InChI is InChI=1S/C26H26F3N5O3/c1-25(2,3)24-32-22(33-37-24)16-36-31-14-18-8-10-34-21(15-30-23(34)13-18)19-6-4-5-17(11-19)12-20(35)7-9-26(27,28)29/h4-6,8,10-11,13-15H,7,9,12,16H2,1-3H3. The van der Waals surface area contributed by atoms with Crippen molar-refractivity contribution in [1.29, 1.82) is 0 Å². The van der Waals surface area contributed by atoms with Gasteiger partial charge in [0.2, 0.25) is 11.7 Å². The molecule has 11 heteroatoms. The maximum absolute atomic E-state index is 12.4. The Morgan fingerprint density at radius 1 is 1.19 bits per heavy atom. The molecule has 0 unspecified atom stereocenters. The smallest absolute Gasteiger partial charge is 0.387 e. The van der Waals surface area contributed by atoms with E-state index in [-0.39, 0.29) is 18.4 Å². The fraction of sp³-hybridized carbons (Fsp3) is 0.346. The van der Waals surface area contributed by atoms with Crippen molar-refractivity contribution in [3.63, 3.8) is 0 Å². The number of aromatic nitrogens is 4. The van der Waals surface area contributed by atoms with Crippen molar-refractivity contribution in [2.24, 2.45) is 5.16 Å². The van der Waals surface area contributed by atoms with Gasteiger partial charge in [0, 0.05) is 35.6 Å². The molecule has 0 saturated carbocycles. The number of ketones is 1. The minimum Gasteiger partial charge on any atom is -0.387 e. The average Bonchev–Trinajstić information content (AvgIpc) is 3.47. The zero-order chi connectivity index (χ0) is 26.6. The Balaban J connectivity index is 1.40. The number of nitrogens with zero attached hydrogens (tertiary/aromatic N) is 5. The first-order chi connectivity index (χ1) is 17.5. The van der Waals surface area contributed by atoms with E-state index in [1.54, 1.807) is 30.6 Å². The molecule has 0 atom stereocenters. The van der Waals surface area contributed by atoms with E-state index in [0.29, 0.717) is 22.9 Å². The molecule has 37 heavy (non-hydrogen) atoms. The third-order valence-electron chi connectivity index (χ3n) is 5.43. The molecule has 0 amide bonds. The second-order valence-corrected chi connectivity index (χ2v) is 9.64. The largest absolute Gasteiger partial charge is 0.389 e. The highest BCUT2D eigenvalue weighted by Gasteiger charge is 2.27. The van der Waals surface area contributed by atoms with Crippen LogP contribution in [0.25, 0.3) is 16.9 Å². The van der Waals surface area contributed by atoms with Crippen molar-refractivity contribution in [2.75, 3.05) is 0 Å². The van der Waals surface area contributed by atoms with Gasteiger partial charge >= 0.3 is 6.18 Å². The normalized spacial score (nSPS) is 12.5. The number of hydrogen-bond donors (Lipinski definition) is 0. The molecule has 0 bridgehead atoms. The van der Waals surface area contributed by atoms with E-state index in [9.17, 15) is 18.0 Å². The zero-order valence-corrected chi connectivity index (χ0v) is 20.6. The number of hydrogen-bond acceptors (Lipinski definition) is 7. The molecule has 8 nitrogen and oxygen atoms in total. The molecule has 0 aliphatic carbocycles. The summed E-state index contributed by atoms with van der Waals surface area (Å²) in [4.78, 5) is 26.0. The maximum atomic E-state index is 12.4. The highest BCUT2D eigenvalue weighted by Crippen LogP contribution is 2.25. The van der Waals surface area contributed by atoms with Gasteiger partial charge in [-0.3, -0.25) is 9.20 Å². The Bertz CT molecular complexity index is 1420. The molecule has 0 aliphatic rings. The fourth-order valence-electron chi connectivity index (χ4n) is 3.54. The summed E-state index contributed by atoms with van der Waals surface area (Å²) in [6, 6.07) is 10.8. The average molecular weight is 514 g/mol. The highest BCUT2D eigenvalue weighted by atomic mass is 19.4. The van der Waals surface area contributed by atoms with E-state index in [1.165, 1.54) is 0 Å². The molecule has 1 aromatic carbocycles. The van der Waals surface area contributed by atoms with Gasteiger partial charge in [0.25, 0.3) is 0 Å². The van der Waals surface area contributed by atoms with Crippen LogP contribution < -0.4 is 0 Å². The lowest BCUT2D eigenvalue weighted by Gasteiger charge is -2.10. The van der Waals surface area contributed by atoms with Crippen LogP contribution in [0.1, 0.15) is 56.5 Å². The Hall–Kier alpha value is -4.02. The van der Waals surface area contributed by atoms with Gasteiger partial charge in [-0.05, 0) is 23.8 Å². The number of fused-ring (bicyclic) bond motifs is 1. The van der Waals surface area contributed by atoms with Gasteiger partial charge < -0.3 is 9.36 Å². The van der Waals surface area contributed by atoms with Crippen molar-refractivity contribution in [3.05, 3.63) is 71.6 Å². The van der Waals surface area contributed by atoms with Crippen LogP contribution in [0.4, 0.5) is 13.2 Å². The van der Waals surface area contributed by atoms with Gasteiger partial charge in [-0.15, -0.1) is 0 Å². The first-order valence-corrected chi connectivity index (χ1v) is 11.6. The van der Waals surface area contributed by atoms with Crippen molar-refractivity contribution in [1.82, 2.24) is 19.5 Å². The van der Waals surface area contributed by atoms with E-state index < -0.39 is 24.8 Å². The summed E-state index contributed by atoms with van der Waals surface area (Å²) in [5.41, 5.74) is 3.41. The number of carbonyl (C=O) groups is 1. The molecular weight excluding hydrogens is 487 g/mol. The van der Waals surface area contributed by atoms with Crippen LogP contribution >= 0.6 is 0 Å². The molecule has 0 aliphatic heterocycles. The van der Waals surface area contributed by atoms with Crippen LogP contribution in [0, 0.1) is 0 Å². The number of pyridine rings is 1. The van der Waals surface area contributed by atoms with Gasteiger partial charge in [0.05, 0.1) is 24.5 Å². The molecule has 0 fully saturated rings. The van der Waals surface area contributed by atoms with Gasteiger partial charge in [0.15, 0.2) is 6.61 Å². The van der Waals surface area contributed by atoms with Crippen LogP contribution in [0.2, 0.25) is 0 Å². The number of benzene rings is 1. The number of imidazole rings is 1. The molecule has 194 valence electrons.